The fraction of sp³-hybridized carbons (Fsp3) is 0.733. The Labute approximate surface area is 148 Å². The summed E-state index contributed by atoms with van der Waals surface area (Å²) in [5, 5.41) is 4.00. The molecule has 2 heterocycles. The van der Waals surface area contributed by atoms with Crippen LogP contribution in [0, 0.1) is 0 Å². The van der Waals surface area contributed by atoms with E-state index in [9.17, 15) is 13.2 Å². The van der Waals surface area contributed by atoms with Gasteiger partial charge in [-0.15, -0.1) is 0 Å². The molecule has 1 aromatic rings. The summed E-state index contributed by atoms with van der Waals surface area (Å²) < 4.78 is 33.9. The second-order valence-corrected chi connectivity index (χ2v) is 8.87. The van der Waals surface area contributed by atoms with Gasteiger partial charge in [0.15, 0.2) is 5.82 Å². The lowest BCUT2D eigenvalue weighted by molar-refractivity contribution is 0.0260. The van der Waals surface area contributed by atoms with Crippen molar-refractivity contribution in [2.75, 3.05) is 31.9 Å². The second kappa shape index (κ2) is 7.20. The summed E-state index contributed by atoms with van der Waals surface area (Å²) in [4.78, 5) is 13.7. The number of hydrogen-bond donors (Lipinski definition) is 1. The van der Waals surface area contributed by atoms with E-state index in [-0.39, 0.29) is 23.8 Å². The van der Waals surface area contributed by atoms with Gasteiger partial charge in [-0.1, -0.05) is 0 Å². The molecule has 0 aromatic carbocycles. The number of anilines is 1. The van der Waals surface area contributed by atoms with Gasteiger partial charge >= 0.3 is 6.09 Å². The molecule has 1 aliphatic rings. The van der Waals surface area contributed by atoms with Gasteiger partial charge < -0.3 is 15.4 Å². The van der Waals surface area contributed by atoms with E-state index >= 15 is 0 Å². The lowest BCUT2D eigenvalue weighted by atomic mass is 10.2. The number of nitrogen functional groups attached to an aromatic ring is 1. The summed E-state index contributed by atoms with van der Waals surface area (Å²) in [6.07, 6.45) is 1.55. The highest BCUT2D eigenvalue weighted by Gasteiger charge is 2.32. The zero-order chi connectivity index (χ0) is 18.8. The molecule has 1 amide bonds. The molecule has 142 valence electrons. The maximum atomic E-state index is 12.9. The van der Waals surface area contributed by atoms with E-state index in [1.807, 2.05) is 6.92 Å². The molecule has 1 fully saturated rings. The first-order valence-electron chi connectivity index (χ1n) is 8.35. The van der Waals surface area contributed by atoms with E-state index < -0.39 is 21.7 Å². The molecule has 0 saturated carbocycles. The normalized spacial score (nSPS) is 17.4. The van der Waals surface area contributed by atoms with Crippen molar-refractivity contribution in [3.63, 3.8) is 0 Å². The lowest BCUT2D eigenvalue weighted by Gasteiger charge is -2.26. The number of sulfonamides is 1. The molecule has 0 radical (unpaired) electrons. The van der Waals surface area contributed by atoms with Crippen LogP contribution in [-0.2, 0) is 21.3 Å². The number of ether oxygens (including phenoxy) is 1. The van der Waals surface area contributed by atoms with Crippen molar-refractivity contribution >= 4 is 21.9 Å². The SMILES string of the molecule is CCn1cc(S(=O)(=O)N2CCCN(C(=O)OC(C)(C)C)CC2)c(N)n1. The predicted octanol–water partition coefficient (Wildman–Crippen LogP) is 1.12. The maximum absolute atomic E-state index is 12.9. The topological polar surface area (TPSA) is 111 Å². The van der Waals surface area contributed by atoms with Crippen LogP contribution >= 0.6 is 0 Å². The Balaban J connectivity index is 2.11. The van der Waals surface area contributed by atoms with Gasteiger partial charge in [-0.2, -0.15) is 9.40 Å². The summed E-state index contributed by atoms with van der Waals surface area (Å²) in [7, 11) is -3.74. The Morgan fingerprint density at radius 2 is 1.96 bits per heavy atom. The molecule has 1 aromatic heterocycles. The Morgan fingerprint density at radius 3 is 2.52 bits per heavy atom. The van der Waals surface area contributed by atoms with E-state index in [0.29, 0.717) is 26.1 Å². The van der Waals surface area contributed by atoms with Crippen LogP contribution in [-0.4, -0.2) is 65.3 Å². The highest BCUT2D eigenvalue weighted by Crippen LogP contribution is 2.23. The molecular weight excluding hydrogens is 346 g/mol. The average molecular weight is 373 g/mol. The van der Waals surface area contributed by atoms with Gasteiger partial charge in [-0.3, -0.25) is 4.68 Å². The standard InChI is InChI=1S/C15H27N5O4S/c1-5-19-11-12(13(16)17-19)25(22,23)20-8-6-7-18(9-10-20)14(21)24-15(2,3)4/h11H,5-10H2,1-4H3,(H2,16,17). The molecule has 9 nitrogen and oxygen atoms in total. The fourth-order valence-corrected chi connectivity index (χ4v) is 4.09. The van der Waals surface area contributed by atoms with Crippen molar-refractivity contribution in [3.05, 3.63) is 6.20 Å². The smallest absolute Gasteiger partial charge is 0.410 e. The quantitative estimate of drug-likeness (QED) is 0.850. The van der Waals surface area contributed by atoms with Crippen molar-refractivity contribution in [2.24, 2.45) is 0 Å². The summed E-state index contributed by atoms with van der Waals surface area (Å²) >= 11 is 0. The molecule has 0 unspecified atom stereocenters. The minimum atomic E-state index is -3.74. The van der Waals surface area contributed by atoms with Gasteiger partial charge in [0.05, 0.1) is 0 Å². The minimum Gasteiger partial charge on any atom is -0.444 e. The molecule has 0 atom stereocenters. The van der Waals surface area contributed by atoms with Crippen LogP contribution in [0.4, 0.5) is 10.6 Å². The molecule has 2 N–H and O–H groups in total. The van der Waals surface area contributed by atoms with Crippen LogP contribution in [0.15, 0.2) is 11.1 Å². The Kier molecular flexibility index (Phi) is 5.62. The minimum absolute atomic E-state index is 0.00454. The van der Waals surface area contributed by atoms with Crippen molar-refractivity contribution < 1.29 is 17.9 Å². The van der Waals surface area contributed by atoms with Crippen LogP contribution in [0.1, 0.15) is 34.1 Å². The van der Waals surface area contributed by atoms with Gasteiger partial charge in [-0.25, -0.2) is 13.2 Å². The fourth-order valence-electron chi connectivity index (χ4n) is 2.56. The highest BCUT2D eigenvalue weighted by atomic mass is 32.2. The number of hydrogen-bond acceptors (Lipinski definition) is 6. The zero-order valence-corrected chi connectivity index (χ0v) is 16.0. The number of amides is 1. The van der Waals surface area contributed by atoms with Crippen LogP contribution in [0.5, 0.6) is 0 Å². The summed E-state index contributed by atoms with van der Waals surface area (Å²) in [6, 6.07) is 0. The number of rotatable bonds is 3. The third-order valence-corrected chi connectivity index (χ3v) is 5.72. The van der Waals surface area contributed by atoms with Gasteiger partial charge in [0.1, 0.15) is 10.5 Å². The molecule has 1 saturated heterocycles. The number of aryl methyl sites for hydroxylation is 1. The van der Waals surface area contributed by atoms with Crippen molar-refractivity contribution in [1.29, 1.82) is 0 Å². The lowest BCUT2D eigenvalue weighted by Crippen LogP contribution is -2.40. The monoisotopic (exact) mass is 373 g/mol. The molecule has 0 bridgehead atoms. The Morgan fingerprint density at radius 1 is 1.28 bits per heavy atom. The van der Waals surface area contributed by atoms with E-state index in [1.165, 1.54) is 15.2 Å². The number of nitrogens with two attached hydrogens (primary N) is 1. The Bertz CT molecular complexity index is 723. The number of carbonyl (C=O) groups excluding carboxylic acids is 1. The summed E-state index contributed by atoms with van der Waals surface area (Å²) in [5.41, 5.74) is 5.19. The molecule has 0 aliphatic carbocycles. The summed E-state index contributed by atoms with van der Waals surface area (Å²) in [5.74, 6) is -0.00454. The van der Waals surface area contributed by atoms with Gasteiger partial charge in [0.2, 0.25) is 10.0 Å². The van der Waals surface area contributed by atoms with E-state index in [4.69, 9.17) is 10.5 Å². The number of aromatic nitrogens is 2. The van der Waals surface area contributed by atoms with Gasteiger partial charge in [0, 0.05) is 38.9 Å². The van der Waals surface area contributed by atoms with E-state index in [0.717, 1.165) is 0 Å². The van der Waals surface area contributed by atoms with Crippen LogP contribution < -0.4 is 5.73 Å². The van der Waals surface area contributed by atoms with Crippen molar-refractivity contribution in [1.82, 2.24) is 19.0 Å². The Hall–Kier alpha value is -1.81. The first kappa shape index (κ1) is 19.5. The first-order chi connectivity index (χ1) is 11.5. The average Bonchev–Trinajstić information content (AvgIpc) is 2.71. The van der Waals surface area contributed by atoms with E-state index in [1.54, 1.807) is 25.7 Å². The molecule has 25 heavy (non-hydrogen) atoms. The first-order valence-corrected chi connectivity index (χ1v) is 9.79. The third kappa shape index (κ3) is 4.63. The zero-order valence-electron chi connectivity index (χ0n) is 15.2. The van der Waals surface area contributed by atoms with Crippen molar-refractivity contribution in [3.8, 4) is 0 Å². The summed E-state index contributed by atoms with van der Waals surface area (Å²) in [6.45, 7) is 9.02. The van der Waals surface area contributed by atoms with E-state index in [2.05, 4.69) is 5.10 Å². The maximum Gasteiger partial charge on any atom is 0.410 e. The molecule has 10 heteroatoms. The molecule has 1 aliphatic heterocycles. The van der Waals surface area contributed by atoms with Crippen LogP contribution in [0.25, 0.3) is 0 Å². The van der Waals surface area contributed by atoms with Crippen LogP contribution in [0.2, 0.25) is 0 Å². The molecule has 0 spiro atoms. The molecular formula is C15H27N5O4S. The predicted molar refractivity (Wildman–Crippen MR) is 93.5 cm³/mol. The number of carbonyl (C=O) groups is 1. The van der Waals surface area contributed by atoms with Gasteiger partial charge in [-0.05, 0) is 34.1 Å². The largest absolute Gasteiger partial charge is 0.444 e. The molecule has 2 rings (SSSR count). The second-order valence-electron chi connectivity index (χ2n) is 6.96. The number of nitrogens with zero attached hydrogens (tertiary/aromatic N) is 4. The van der Waals surface area contributed by atoms with Gasteiger partial charge in [0.25, 0.3) is 0 Å². The van der Waals surface area contributed by atoms with Crippen molar-refractivity contribution in [2.45, 2.75) is 51.2 Å². The third-order valence-electron chi connectivity index (χ3n) is 3.80. The van der Waals surface area contributed by atoms with Crippen LogP contribution in [0.3, 0.4) is 0 Å². The highest BCUT2D eigenvalue weighted by molar-refractivity contribution is 7.89.